The Hall–Kier alpha value is -7.28. The first kappa shape index (κ1) is 45.9. The second-order valence-electron chi connectivity index (χ2n) is 17.9. The van der Waals surface area contributed by atoms with Crippen LogP contribution in [0.2, 0.25) is 0 Å². The largest absolute Gasteiger partial charge is 0.497 e. The maximum atomic E-state index is 12.1. The van der Waals surface area contributed by atoms with Crippen LogP contribution in [0.1, 0.15) is 61.7 Å². The minimum absolute atomic E-state index is 0.249. The van der Waals surface area contributed by atoms with Crippen LogP contribution < -0.4 is 16.8 Å². The van der Waals surface area contributed by atoms with Crippen LogP contribution in [0, 0.1) is 41.5 Å². The van der Waals surface area contributed by atoms with Gasteiger partial charge in [0.25, 0.3) is 0 Å². The molecule has 68 heavy (non-hydrogen) atoms. The van der Waals surface area contributed by atoms with Crippen molar-refractivity contribution in [1.29, 1.82) is 0 Å². The molecule has 16 nitrogen and oxygen atoms in total. The number of hydrogen-bond acceptors (Lipinski definition) is 10. The van der Waals surface area contributed by atoms with Gasteiger partial charge in [-0.1, -0.05) is 52.8 Å². The maximum absolute atomic E-state index is 12.1. The van der Waals surface area contributed by atoms with Gasteiger partial charge in [0.15, 0.2) is 0 Å². The van der Waals surface area contributed by atoms with Gasteiger partial charge >= 0.3 is 18.5 Å². The van der Waals surface area contributed by atoms with Gasteiger partial charge in [0.2, 0.25) is 0 Å². The van der Waals surface area contributed by atoms with Gasteiger partial charge in [0, 0.05) is 27.7 Å². The lowest BCUT2D eigenvalue weighted by Crippen LogP contribution is -2.41. The topological polar surface area (TPSA) is 203 Å². The van der Waals surface area contributed by atoms with E-state index < -0.39 is 18.3 Å². The summed E-state index contributed by atoms with van der Waals surface area (Å²) in [4.78, 5) is 35.5. The molecule has 0 spiro atoms. The van der Waals surface area contributed by atoms with E-state index in [1.807, 2.05) is 170 Å². The second kappa shape index (κ2) is 17.7. The van der Waals surface area contributed by atoms with Crippen LogP contribution in [0.5, 0.6) is 0 Å². The van der Waals surface area contributed by atoms with Crippen molar-refractivity contribution in [3.05, 3.63) is 157 Å². The quantitative estimate of drug-likeness (QED) is 0.116. The molecular formula is C50H50BBrN10O6. The first-order chi connectivity index (χ1) is 32.4. The van der Waals surface area contributed by atoms with E-state index in [-0.39, 0.29) is 11.4 Å². The third-order valence-corrected chi connectivity index (χ3v) is 13.5. The Balaban J connectivity index is 0.000000136. The molecule has 1 aliphatic rings. The van der Waals surface area contributed by atoms with Gasteiger partial charge in [-0.25, -0.2) is 19.0 Å². The van der Waals surface area contributed by atoms with Crippen LogP contribution in [0.15, 0.2) is 121 Å². The Morgan fingerprint density at radius 1 is 0.588 bits per heavy atom. The zero-order chi connectivity index (χ0) is 48.2. The molecule has 0 aliphatic carbocycles. The van der Waals surface area contributed by atoms with Gasteiger partial charge in [0.1, 0.15) is 16.1 Å². The van der Waals surface area contributed by atoms with E-state index >= 15 is 0 Å². The lowest BCUT2D eigenvalue weighted by molar-refractivity contribution is 0.00578. The van der Waals surface area contributed by atoms with Crippen molar-refractivity contribution in [3.8, 4) is 44.9 Å². The maximum Gasteiger partial charge on any atom is 0.497 e. The van der Waals surface area contributed by atoms with Crippen molar-refractivity contribution in [2.75, 3.05) is 0 Å². The fourth-order valence-electron chi connectivity index (χ4n) is 8.42. The Morgan fingerprint density at radius 2 is 1.06 bits per heavy atom. The molecule has 18 heteroatoms. The number of nitrogens with zero attached hydrogens (tertiary/aromatic N) is 6. The fourth-order valence-corrected chi connectivity index (χ4v) is 8.82. The molecular weight excluding hydrogens is 927 g/mol. The van der Waals surface area contributed by atoms with Crippen LogP contribution in [0.4, 0.5) is 0 Å². The number of halogens is 1. The highest BCUT2D eigenvalue weighted by molar-refractivity contribution is 9.10. The smallest absolute Gasteiger partial charge is 0.399 e. The molecule has 6 aromatic heterocycles. The lowest BCUT2D eigenvalue weighted by atomic mass is 9.76. The minimum atomic E-state index is -0.589. The van der Waals surface area contributed by atoms with Crippen LogP contribution in [-0.4, -0.2) is 68.1 Å². The number of nitrogens with one attached hydrogen (secondary N) is 4. The van der Waals surface area contributed by atoms with Crippen molar-refractivity contribution in [1.82, 2.24) is 49.8 Å². The van der Waals surface area contributed by atoms with Crippen molar-refractivity contribution in [2.45, 2.75) is 80.4 Å². The Labute approximate surface area is 399 Å². The predicted molar refractivity (Wildman–Crippen MR) is 267 cm³/mol. The van der Waals surface area contributed by atoms with E-state index in [1.54, 1.807) is 0 Å². The van der Waals surface area contributed by atoms with E-state index in [1.165, 1.54) is 0 Å². The van der Waals surface area contributed by atoms with Gasteiger partial charge in [-0.3, -0.25) is 0 Å². The zero-order valence-electron chi connectivity index (χ0n) is 39.3. The zero-order valence-corrected chi connectivity index (χ0v) is 40.9. The molecule has 10 aromatic rings. The summed E-state index contributed by atoms with van der Waals surface area (Å²) < 4.78 is 27.9. The molecule has 346 valence electrons. The molecule has 1 fully saturated rings. The molecule has 1 aliphatic heterocycles. The molecule has 0 atom stereocenters. The average Bonchev–Trinajstić information content (AvgIpc) is 4.18. The summed E-state index contributed by atoms with van der Waals surface area (Å²) in [5.74, 6) is 1.46. The number of imidazole rings is 2. The summed E-state index contributed by atoms with van der Waals surface area (Å²) in [6, 6.07) is 27.9. The summed E-state index contributed by atoms with van der Waals surface area (Å²) in [6.07, 6.45) is 3.68. The number of aromatic amines is 4. The molecule has 4 N–H and O–H groups in total. The highest BCUT2D eigenvalue weighted by Crippen LogP contribution is 2.39. The Bertz CT molecular complexity index is 3520. The fraction of sp³-hybridized carbons (Fsp3) is 0.240. The third-order valence-electron chi connectivity index (χ3n) is 12.5. The van der Waals surface area contributed by atoms with Gasteiger partial charge in [-0.2, -0.15) is 10.2 Å². The third kappa shape index (κ3) is 8.50. The Morgan fingerprint density at radius 3 is 1.56 bits per heavy atom. The van der Waals surface area contributed by atoms with E-state index in [9.17, 15) is 9.59 Å². The summed E-state index contributed by atoms with van der Waals surface area (Å²) in [5, 5.41) is 17.0. The SMILES string of the molecule is Cc1cnn(-c2ccccc2)c1-c1cc(-c2c(C)noc2C)cc2[nH]c(=O)[nH]c12.Cc1cnn(-c2ccccc2)c1Br.Cc1noc(C)c1-c1cc(B2OC(C)(C)C(C)(C)O2)c2[nH]c(=O)[nH]c2c1. The van der Waals surface area contributed by atoms with Crippen molar-refractivity contribution < 1.29 is 18.4 Å². The highest BCUT2D eigenvalue weighted by Gasteiger charge is 2.52. The Kier molecular flexibility index (Phi) is 12.0. The van der Waals surface area contributed by atoms with E-state index in [4.69, 9.17) is 18.4 Å². The predicted octanol–water partition coefficient (Wildman–Crippen LogP) is 9.66. The van der Waals surface area contributed by atoms with Crippen LogP contribution >= 0.6 is 15.9 Å². The molecule has 0 bridgehead atoms. The van der Waals surface area contributed by atoms with Crippen molar-refractivity contribution >= 4 is 50.6 Å². The lowest BCUT2D eigenvalue weighted by Gasteiger charge is -2.32. The number of aryl methyl sites for hydroxylation is 6. The normalized spacial score (nSPS) is 14.0. The summed E-state index contributed by atoms with van der Waals surface area (Å²) in [6.45, 7) is 19.6. The van der Waals surface area contributed by atoms with E-state index in [2.05, 4.69) is 62.4 Å². The number of aromatic nitrogens is 10. The molecule has 0 unspecified atom stereocenters. The van der Waals surface area contributed by atoms with Crippen LogP contribution in [0.25, 0.3) is 67.0 Å². The molecule has 7 heterocycles. The summed E-state index contributed by atoms with van der Waals surface area (Å²) in [5.41, 5.74) is 13.4. The minimum Gasteiger partial charge on any atom is -0.399 e. The molecule has 0 saturated carbocycles. The van der Waals surface area contributed by atoms with Crippen molar-refractivity contribution in [3.63, 3.8) is 0 Å². The average molecular weight is 978 g/mol. The molecule has 4 aromatic carbocycles. The number of benzene rings is 4. The van der Waals surface area contributed by atoms with E-state index in [0.717, 1.165) is 100 Å². The van der Waals surface area contributed by atoms with Crippen LogP contribution in [-0.2, 0) is 9.31 Å². The monoisotopic (exact) mass is 976 g/mol. The van der Waals surface area contributed by atoms with Crippen molar-refractivity contribution in [2.24, 2.45) is 0 Å². The van der Waals surface area contributed by atoms with Gasteiger partial charge in [-0.05, 0) is 144 Å². The number of para-hydroxylation sites is 2. The first-order valence-corrected chi connectivity index (χ1v) is 22.8. The van der Waals surface area contributed by atoms with Gasteiger partial charge < -0.3 is 38.3 Å². The standard InChI is InChI=1S/C22H19N5O2.C18H22BN3O4.C10H9BrN2/c1-12-11-23-27(16-7-5-4-6-8-16)21(12)17-9-15(19-13(2)26-29-14(19)3)10-18-20(17)25-22(28)24-18;1-9-14(10(2)24-22-9)11-7-12(15-13(8-11)20-16(23)21-15)19-25-17(3,4)18(5,6)26-19;1-8-7-12-13(10(8)11)9-5-3-2-4-6-9/h4-11H,1-3H3,(H2,24,25,28);7-8H,1-6H3,(H2,20,21,23);2-7H,1H3. The molecule has 0 amide bonds. The highest BCUT2D eigenvalue weighted by atomic mass is 79.9. The van der Waals surface area contributed by atoms with Gasteiger partial charge in [-0.15, -0.1) is 0 Å². The van der Waals surface area contributed by atoms with Crippen LogP contribution in [0.3, 0.4) is 0 Å². The van der Waals surface area contributed by atoms with E-state index in [0.29, 0.717) is 11.0 Å². The second-order valence-corrected chi connectivity index (χ2v) is 18.6. The summed E-state index contributed by atoms with van der Waals surface area (Å²) >= 11 is 3.49. The number of fused-ring (bicyclic) bond motifs is 2. The molecule has 0 radical (unpaired) electrons. The first-order valence-electron chi connectivity index (χ1n) is 22.0. The molecule has 1 saturated heterocycles. The summed E-state index contributed by atoms with van der Waals surface area (Å²) in [7, 11) is -0.589. The van der Waals surface area contributed by atoms with Gasteiger partial charge in [0.05, 0.1) is 74.1 Å². The number of H-pyrrole nitrogens is 4. The number of rotatable bonds is 6. The number of hydrogen-bond donors (Lipinski definition) is 4. The molecule has 11 rings (SSSR count).